The summed E-state index contributed by atoms with van der Waals surface area (Å²) in [6, 6.07) is 9.92. The number of amides is 2. The van der Waals surface area contributed by atoms with Gasteiger partial charge >= 0.3 is 6.18 Å². The predicted octanol–water partition coefficient (Wildman–Crippen LogP) is 4.11. The molecule has 198 valence electrons. The van der Waals surface area contributed by atoms with E-state index in [1.54, 1.807) is 12.1 Å². The quantitative estimate of drug-likeness (QED) is 0.504. The maximum atomic E-state index is 13.5. The second-order valence-electron chi connectivity index (χ2n) is 8.82. The highest BCUT2D eigenvalue weighted by Gasteiger charge is 2.33. The molecule has 0 aliphatic carbocycles. The molecule has 2 aromatic rings. The number of nitrogens with one attached hydrogen (secondary N) is 1. The number of sulfonamides is 1. The van der Waals surface area contributed by atoms with Gasteiger partial charge in [-0.2, -0.15) is 13.2 Å². The molecule has 0 aliphatic heterocycles. The second kappa shape index (κ2) is 11.8. The van der Waals surface area contributed by atoms with E-state index < -0.39 is 46.2 Å². The lowest BCUT2D eigenvalue weighted by Crippen LogP contribution is -2.52. The van der Waals surface area contributed by atoms with Crippen molar-refractivity contribution in [2.24, 2.45) is 0 Å². The number of carbonyl (C=O) groups is 2. The second-order valence-corrected chi connectivity index (χ2v) is 10.7. The first-order valence-corrected chi connectivity index (χ1v) is 13.3. The van der Waals surface area contributed by atoms with E-state index in [4.69, 9.17) is 0 Å². The fourth-order valence-electron chi connectivity index (χ4n) is 3.51. The van der Waals surface area contributed by atoms with Crippen molar-refractivity contribution >= 4 is 27.5 Å². The average molecular weight is 528 g/mol. The van der Waals surface area contributed by atoms with E-state index in [-0.39, 0.29) is 18.3 Å². The van der Waals surface area contributed by atoms with Crippen LogP contribution in [0.1, 0.15) is 43.9 Å². The molecule has 0 bridgehead atoms. The number of hydrogen-bond donors (Lipinski definition) is 1. The number of nitrogens with zero attached hydrogens (tertiary/aromatic N) is 2. The lowest BCUT2D eigenvalue weighted by Gasteiger charge is -2.32. The molecule has 2 amide bonds. The van der Waals surface area contributed by atoms with Gasteiger partial charge in [0.25, 0.3) is 0 Å². The van der Waals surface area contributed by atoms with E-state index in [9.17, 15) is 31.2 Å². The first kappa shape index (κ1) is 29.2. The summed E-state index contributed by atoms with van der Waals surface area (Å²) in [5.74, 6) is -1.15. The third-order valence-corrected chi connectivity index (χ3v) is 6.88. The van der Waals surface area contributed by atoms with Crippen molar-refractivity contribution in [2.75, 3.05) is 17.1 Å². The summed E-state index contributed by atoms with van der Waals surface area (Å²) < 4.78 is 65.4. The normalized spacial score (nSPS) is 13.6. The van der Waals surface area contributed by atoms with Gasteiger partial charge in [0.15, 0.2) is 0 Å². The van der Waals surface area contributed by atoms with Gasteiger partial charge in [-0.3, -0.25) is 13.9 Å². The van der Waals surface area contributed by atoms with Crippen LogP contribution in [0.3, 0.4) is 0 Å². The molecule has 0 fully saturated rings. The van der Waals surface area contributed by atoms with Crippen molar-refractivity contribution in [3.63, 3.8) is 0 Å². The van der Waals surface area contributed by atoms with Crippen molar-refractivity contribution in [1.82, 2.24) is 10.2 Å². The molecule has 2 aromatic carbocycles. The lowest BCUT2D eigenvalue weighted by atomic mass is 10.1. The minimum Gasteiger partial charge on any atom is -0.352 e. The van der Waals surface area contributed by atoms with E-state index in [0.29, 0.717) is 16.8 Å². The minimum absolute atomic E-state index is 0.00972. The van der Waals surface area contributed by atoms with Crippen LogP contribution < -0.4 is 9.62 Å². The van der Waals surface area contributed by atoms with Gasteiger partial charge in [0.05, 0.1) is 17.5 Å². The van der Waals surface area contributed by atoms with Crippen LogP contribution in [0.5, 0.6) is 0 Å². The van der Waals surface area contributed by atoms with Crippen LogP contribution in [-0.4, -0.2) is 50.0 Å². The fourth-order valence-corrected chi connectivity index (χ4v) is 4.35. The molecule has 2 unspecified atom stereocenters. The van der Waals surface area contributed by atoms with E-state index in [1.165, 1.54) is 17.9 Å². The van der Waals surface area contributed by atoms with Gasteiger partial charge in [-0.1, -0.05) is 42.8 Å². The molecular weight excluding hydrogens is 495 g/mol. The van der Waals surface area contributed by atoms with Gasteiger partial charge in [0.1, 0.15) is 12.6 Å². The Balaban J connectivity index is 2.44. The molecule has 0 radical (unpaired) electrons. The Morgan fingerprint density at radius 1 is 1.06 bits per heavy atom. The van der Waals surface area contributed by atoms with Gasteiger partial charge < -0.3 is 10.2 Å². The van der Waals surface area contributed by atoms with Gasteiger partial charge in [-0.25, -0.2) is 8.42 Å². The van der Waals surface area contributed by atoms with E-state index in [2.05, 4.69) is 5.32 Å². The summed E-state index contributed by atoms with van der Waals surface area (Å²) in [5.41, 5.74) is 0.307. The van der Waals surface area contributed by atoms with Crippen LogP contribution >= 0.6 is 0 Å². The molecule has 0 aromatic heterocycles. The number of aryl methyl sites for hydroxylation is 1. The summed E-state index contributed by atoms with van der Waals surface area (Å²) in [4.78, 5) is 27.6. The Morgan fingerprint density at radius 3 is 2.25 bits per heavy atom. The fraction of sp³-hybridized carbons (Fsp3) is 0.440. The summed E-state index contributed by atoms with van der Waals surface area (Å²) in [6.07, 6.45) is -3.21. The van der Waals surface area contributed by atoms with Crippen LogP contribution in [0.25, 0.3) is 0 Å². The number of halogens is 3. The zero-order chi connectivity index (χ0) is 27.3. The highest BCUT2D eigenvalue weighted by atomic mass is 32.2. The molecule has 11 heteroatoms. The molecule has 0 heterocycles. The Morgan fingerprint density at radius 2 is 1.69 bits per heavy atom. The Labute approximate surface area is 210 Å². The monoisotopic (exact) mass is 527 g/mol. The maximum absolute atomic E-state index is 13.5. The third-order valence-electron chi connectivity index (χ3n) is 5.74. The molecule has 0 aliphatic rings. The molecule has 0 spiro atoms. The maximum Gasteiger partial charge on any atom is 0.416 e. The number of alkyl halides is 3. The number of hydrogen-bond acceptors (Lipinski definition) is 4. The van der Waals surface area contributed by atoms with Crippen molar-refractivity contribution in [3.05, 3.63) is 65.2 Å². The van der Waals surface area contributed by atoms with Gasteiger partial charge in [0, 0.05) is 12.6 Å². The topological polar surface area (TPSA) is 86.8 Å². The Hall–Kier alpha value is -3.08. The smallest absolute Gasteiger partial charge is 0.352 e. The molecule has 2 rings (SSSR count). The summed E-state index contributed by atoms with van der Waals surface area (Å²) in [7, 11) is -4.14. The van der Waals surface area contributed by atoms with Crippen LogP contribution in [0.15, 0.2) is 48.5 Å². The van der Waals surface area contributed by atoms with Crippen LogP contribution in [0.2, 0.25) is 0 Å². The molecule has 7 nitrogen and oxygen atoms in total. The van der Waals surface area contributed by atoms with Gasteiger partial charge in [-0.05, 0) is 51.0 Å². The summed E-state index contributed by atoms with van der Waals surface area (Å²) in [6.45, 7) is 6.34. The largest absolute Gasteiger partial charge is 0.416 e. The molecule has 0 saturated heterocycles. The van der Waals surface area contributed by atoms with Crippen molar-refractivity contribution in [2.45, 2.75) is 58.9 Å². The van der Waals surface area contributed by atoms with Crippen LogP contribution in [0.4, 0.5) is 18.9 Å². The highest BCUT2D eigenvalue weighted by Crippen LogP contribution is 2.32. The Bertz CT molecular complexity index is 1190. The molecular formula is C25H32F3N3O4S. The Kier molecular flexibility index (Phi) is 9.53. The van der Waals surface area contributed by atoms with Crippen LogP contribution in [0, 0.1) is 6.92 Å². The first-order chi connectivity index (χ1) is 16.6. The van der Waals surface area contributed by atoms with Crippen molar-refractivity contribution in [3.8, 4) is 0 Å². The van der Waals surface area contributed by atoms with E-state index >= 15 is 0 Å². The zero-order valence-electron chi connectivity index (χ0n) is 21.0. The van der Waals surface area contributed by atoms with Crippen molar-refractivity contribution in [1.29, 1.82) is 0 Å². The average Bonchev–Trinajstić information content (AvgIpc) is 2.79. The number of anilines is 1. The number of benzene rings is 2. The predicted molar refractivity (Wildman–Crippen MR) is 133 cm³/mol. The summed E-state index contributed by atoms with van der Waals surface area (Å²) in [5, 5.41) is 2.81. The van der Waals surface area contributed by atoms with Gasteiger partial charge in [0.2, 0.25) is 21.8 Å². The highest BCUT2D eigenvalue weighted by molar-refractivity contribution is 7.92. The summed E-state index contributed by atoms with van der Waals surface area (Å²) >= 11 is 0. The third kappa shape index (κ3) is 7.97. The molecule has 1 N–H and O–H groups in total. The minimum atomic E-state index is -4.69. The van der Waals surface area contributed by atoms with E-state index in [1.807, 2.05) is 32.9 Å². The first-order valence-electron chi connectivity index (χ1n) is 11.4. The molecule has 2 atom stereocenters. The molecule has 36 heavy (non-hydrogen) atoms. The number of carbonyl (C=O) groups excluding carboxylic acids is 2. The zero-order valence-corrected chi connectivity index (χ0v) is 21.8. The van der Waals surface area contributed by atoms with E-state index in [0.717, 1.165) is 29.5 Å². The van der Waals surface area contributed by atoms with Crippen LogP contribution in [-0.2, 0) is 32.3 Å². The van der Waals surface area contributed by atoms with Crippen molar-refractivity contribution < 1.29 is 31.2 Å². The number of rotatable bonds is 10. The lowest BCUT2D eigenvalue weighted by molar-refractivity contribution is -0.139. The van der Waals surface area contributed by atoms with Gasteiger partial charge in [-0.15, -0.1) is 0 Å². The SMILES string of the molecule is CCC(C)NC(=O)C(C)N(Cc1cccc(C)c1)C(=O)CN(c1cccc(C(F)(F)F)c1)S(C)(=O)=O. The molecule has 0 saturated carbocycles. The standard InChI is InChI=1S/C25H32F3N3O4S/c1-6-18(3)29-24(33)19(4)30(15-20-10-7-9-17(2)13-20)23(32)16-31(36(5,34)35)22-12-8-11-21(14-22)25(26,27)28/h7-14,18-19H,6,15-16H2,1-5H3,(H,29,33).